The van der Waals surface area contributed by atoms with Crippen LogP contribution in [0.4, 0.5) is 0 Å². The van der Waals surface area contributed by atoms with Crippen molar-refractivity contribution >= 4 is 17.7 Å². The zero-order valence-corrected chi connectivity index (χ0v) is 23.9. The average Bonchev–Trinajstić information content (AvgIpc) is 3.32. The lowest BCUT2D eigenvalue weighted by Gasteiger charge is -2.35. The number of allylic oxidation sites excluding steroid dienone is 2. The first-order valence-electron chi connectivity index (χ1n) is 14.6. The fourth-order valence-electron chi connectivity index (χ4n) is 5.54. The Morgan fingerprint density at radius 1 is 0.927 bits per heavy atom. The summed E-state index contributed by atoms with van der Waals surface area (Å²) in [5.41, 5.74) is 3.42. The highest BCUT2D eigenvalue weighted by molar-refractivity contribution is 5.87. The molecule has 1 unspecified atom stereocenters. The lowest BCUT2D eigenvalue weighted by Crippen LogP contribution is -2.49. The summed E-state index contributed by atoms with van der Waals surface area (Å²) in [4.78, 5) is 38.6. The molecule has 0 N–H and O–H groups in total. The van der Waals surface area contributed by atoms with Crippen LogP contribution in [0.25, 0.3) is 11.1 Å². The number of benzene rings is 2. The van der Waals surface area contributed by atoms with Gasteiger partial charge in [0.25, 0.3) is 0 Å². The summed E-state index contributed by atoms with van der Waals surface area (Å²) in [6, 6.07) is 18.5. The second kappa shape index (κ2) is 16.2. The van der Waals surface area contributed by atoms with E-state index in [1.165, 1.54) is 5.56 Å². The molecule has 8 heteroatoms. The number of esters is 2. The Morgan fingerprint density at radius 3 is 2.37 bits per heavy atom. The molecular formula is C33H41NO7. The van der Waals surface area contributed by atoms with Crippen molar-refractivity contribution in [3.05, 3.63) is 72.3 Å². The average molecular weight is 564 g/mol. The lowest BCUT2D eigenvalue weighted by molar-refractivity contribution is -0.158. The molecule has 2 aromatic carbocycles. The van der Waals surface area contributed by atoms with E-state index in [1.807, 2.05) is 24.3 Å². The van der Waals surface area contributed by atoms with Gasteiger partial charge < -0.3 is 18.9 Å². The Labute approximate surface area is 242 Å². The van der Waals surface area contributed by atoms with E-state index >= 15 is 0 Å². The molecule has 2 aromatic rings. The molecule has 1 heterocycles. The molecule has 4 rings (SSSR count). The minimum atomic E-state index is -0.543. The molecular weight excluding hydrogens is 522 g/mol. The molecule has 3 atom stereocenters. The minimum absolute atomic E-state index is 0.0865. The number of nitrogens with zero attached hydrogens (tertiary/aromatic N) is 1. The van der Waals surface area contributed by atoms with Crippen molar-refractivity contribution in [3.63, 3.8) is 0 Å². The molecule has 0 spiro atoms. The Balaban J connectivity index is 1.29. The third-order valence-electron chi connectivity index (χ3n) is 7.58. The number of ketones is 1. The molecule has 1 saturated carbocycles. The number of ether oxygens (including phenoxy) is 4. The summed E-state index contributed by atoms with van der Waals surface area (Å²) in [5, 5.41) is 0. The van der Waals surface area contributed by atoms with E-state index in [0.717, 1.165) is 37.1 Å². The number of rotatable bonds is 14. The Kier molecular flexibility index (Phi) is 12.1. The van der Waals surface area contributed by atoms with E-state index in [-0.39, 0.29) is 43.5 Å². The van der Waals surface area contributed by atoms with Crippen LogP contribution in [0.1, 0.15) is 44.6 Å². The molecule has 0 aromatic heterocycles. The van der Waals surface area contributed by atoms with Gasteiger partial charge in [-0.3, -0.25) is 14.5 Å². The van der Waals surface area contributed by atoms with Crippen LogP contribution < -0.4 is 0 Å². The first-order chi connectivity index (χ1) is 20.0. The zero-order valence-electron chi connectivity index (χ0n) is 23.9. The standard InChI is InChI=1S/C33H41NO7/c1-2-39-32(37)24-41-31(36)13-9-4-3-8-12-28-30(22-29(35)33(28)34-18-20-38-21-19-34)40-23-25-14-16-27(17-15-25)26-10-6-5-7-11-26/h3-7,10-11,14-17,28,30,33H,2,8-9,12-13,18-24H2,1H3/b4-3-/t28?,30-,33+/m0/s1. The van der Waals surface area contributed by atoms with E-state index in [2.05, 4.69) is 47.4 Å². The van der Waals surface area contributed by atoms with E-state index in [4.69, 9.17) is 18.9 Å². The van der Waals surface area contributed by atoms with Crippen molar-refractivity contribution in [3.8, 4) is 11.1 Å². The molecule has 41 heavy (non-hydrogen) atoms. The highest BCUT2D eigenvalue weighted by Gasteiger charge is 2.45. The van der Waals surface area contributed by atoms with Gasteiger partial charge in [0.1, 0.15) is 0 Å². The van der Waals surface area contributed by atoms with Crippen LogP contribution in [-0.4, -0.2) is 74.3 Å². The van der Waals surface area contributed by atoms with E-state index in [1.54, 1.807) is 6.92 Å². The van der Waals surface area contributed by atoms with Crippen LogP contribution >= 0.6 is 0 Å². The van der Waals surface area contributed by atoms with Gasteiger partial charge in [-0.15, -0.1) is 0 Å². The number of Topliss-reactive ketones (excluding diaryl/α,β-unsaturated/α-hetero) is 1. The van der Waals surface area contributed by atoms with E-state index in [0.29, 0.717) is 32.7 Å². The van der Waals surface area contributed by atoms with E-state index < -0.39 is 11.9 Å². The van der Waals surface area contributed by atoms with Gasteiger partial charge in [-0.2, -0.15) is 0 Å². The lowest BCUT2D eigenvalue weighted by atomic mass is 9.93. The smallest absolute Gasteiger partial charge is 0.344 e. The van der Waals surface area contributed by atoms with Crippen molar-refractivity contribution in [2.75, 3.05) is 39.5 Å². The summed E-state index contributed by atoms with van der Waals surface area (Å²) in [5.74, 6) is -0.641. The zero-order chi connectivity index (χ0) is 28.9. The van der Waals surface area contributed by atoms with Gasteiger partial charge >= 0.3 is 11.9 Å². The van der Waals surface area contributed by atoms with Crippen LogP contribution in [0.3, 0.4) is 0 Å². The molecule has 220 valence electrons. The number of carbonyl (C=O) groups is 3. The molecule has 1 saturated heterocycles. The minimum Gasteiger partial charge on any atom is -0.463 e. The maximum atomic E-state index is 13.2. The Morgan fingerprint density at radius 2 is 1.63 bits per heavy atom. The van der Waals surface area contributed by atoms with Crippen molar-refractivity contribution in [2.45, 2.75) is 57.8 Å². The molecule has 1 aliphatic carbocycles. The topological polar surface area (TPSA) is 91.4 Å². The second-order valence-corrected chi connectivity index (χ2v) is 10.4. The maximum Gasteiger partial charge on any atom is 0.344 e. The van der Waals surface area contributed by atoms with Crippen molar-refractivity contribution in [1.29, 1.82) is 0 Å². The summed E-state index contributed by atoms with van der Waals surface area (Å²) >= 11 is 0. The summed E-state index contributed by atoms with van der Waals surface area (Å²) in [6.07, 6.45) is 6.60. The fraction of sp³-hybridized carbons (Fsp3) is 0.485. The van der Waals surface area contributed by atoms with Crippen LogP contribution in [0.5, 0.6) is 0 Å². The summed E-state index contributed by atoms with van der Waals surface area (Å²) in [6.45, 7) is 4.86. The van der Waals surface area contributed by atoms with Crippen LogP contribution in [0.2, 0.25) is 0 Å². The van der Waals surface area contributed by atoms with Crippen LogP contribution in [0.15, 0.2) is 66.7 Å². The van der Waals surface area contributed by atoms with Crippen molar-refractivity contribution in [1.82, 2.24) is 4.90 Å². The van der Waals surface area contributed by atoms with Gasteiger partial charge in [-0.1, -0.05) is 66.7 Å². The van der Waals surface area contributed by atoms with Gasteiger partial charge in [-0.05, 0) is 42.9 Å². The van der Waals surface area contributed by atoms with Gasteiger partial charge in [0.05, 0.1) is 38.6 Å². The number of hydrogen-bond donors (Lipinski definition) is 0. The van der Waals surface area contributed by atoms with E-state index in [9.17, 15) is 14.4 Å². The number of hydrogen-bond acceptors (Lipinski definition) is 8. The van der Waals surface area contributed by atoms with Gasteiger partial charge in [0.2, 0.25) is 0 Å². The highest BCUT2D eigenvalue weighted by Crippen LogP contribution is 2.35. The monoisotopic (exact) mass is 563 g/mol. The third-order valence-corrected chi connectivity index (χ3v) is 7.58. The second-order valence-electron chi connectivity index (χ2n) is 10.4. The quantitative estimate of drug-likeness (QED) is 0.240. The molecule has 0 amide bonds. The first-order valence-corrected chi connectivity index (χ1v) is 14.6. The Bertz CT molecular complexity index is 1140. The SMILES string of the molecule is CCOC(=O)COC(=O)CC/C=C\CCC1[C@@H](OCc2ccc(-c3ccccc3)cc2)CC(=O)[C@@H]1N1CCOCC1. The number of morpholine rings is 1. The first kappa shape index (κ1) is 30.6. The van der Waals surface area contributed by atoms with Gasteiger partial charge in [0.15, 0.2) is 12.4 Å². The molecule has 2 fully saturated rings. The van der Waals surface area contributed by atoms with Crippen LogP contribution in [-0.2, 0) is 39.9 Å². The predicted octanol–water partition coefficient (Wildman–Crippen LogP) is 4.75. The highest BCUT2D eigenvalue weighted by atomic mass is 16.6. The maximum absolute atomic E-state index is 13.2. The fourth-order valence-corrected chi connectivity index (χ4v) is 5.54. The molecule has 0 radical (unpaired) electrons. The normalized spacial score (nSPS) is 21.3. The largest absolute Gasteiger partial charge is 0.463 e. The van der Waals surface area contributed by atoms with Crippen LogP contribution in [0, 0.1) is 5.92 Å². The molecule has 8 nitrogen and oxygen atoms in total. The van der Waals surface area contributed by atoms with Gasteiger partial charge in [0, 0.05) is 31.8 Å². The Hall–Kier alpha value is -3.33. The number of carbonyl (C=O) groups excluding carboxylic acids is 3. The van der Waals surface area contributed by atoms with Crippen molar-refractivity contribution in [2.24, 2.45) is 5.92 Å². The summed E-state index contributed by atoms with van der Waals surface area (Å²) in [7, 11) is 0. The van der Waals surface area contributed by atoms with Crippen molar-refractivity contribution < 1.29 is 33.3 Å². The van der Waals surface area contributed by atoms with Gasteiger partial charge in [-0.25, -0.2) is 4.79 Å². The third kappa shape index (κ3) is 9.35. The molecule has 0 bridgehead atoms. The molecule has 2 aliphatic rings. The summed E-state index contributed by atoms with van der Waals surface area (Å²) < 4.78 is 21.6. The predicted molar refractivity (Wildman–Crippen MR) is 155 cm³/mol. The molecule has 1 aliphatic heterocycles.